The Morgan fingerprint density at radius 3 is 2.07 bits per heavy atom. The molecule has 45 heavy (non-hydrogen) atoms. The van der Waals surface area contributed by atoms with Crippen molar-refractivity contribution in [1.29, 1.82) is 0 Å². The van der Waals surface area contributed by atoms with E-state index in [1.165, 1.54) is 38.1 Å². The Kier molecular flexibility index (Phi) is 4.26. The van der Waals surface area contributed by atoms with Gasteiger partial charge in [-0.3, -0.25) is 4.57 Å². The maximum atomic E-state index is 6.16. The van der Waals surface area contributed by atoms with Gasteiger partial charge in [0.1, 0.15) is 11.2 Å². The molecule has 5 aromatic carbocycles. The number of furan rings is 1. The van der Waals surface area contributed by atoms with Crippen LogP contribution in [0.3, 0.4) is 0 Å². The summed E-state index contributed by atoms with van der Waals surface area (Å²) < 4.78 is 10.9. The molecule has 5 heteroatoms. The number of fused-ring (bicyclic) bond motifs is 12. The van der Waals surface area contributed by atoms with Crippen molar-refractivity contribution >= 4 is 82.0 Å². The zero-order valence-corrected chi connectivity index (χ0v) is 23.9. The molecule has 208 valence electrons. The summed E-state index contributed by atoms with van der Waals surface area (Å²) in [5.41, 5.74) is 10.4. The zero-order chi connectivity index (χ0) is 29.2. The number of hydrogen-bond acceptors (Lipinski definition) is 3. The second-order valence-corrected chi connectivity index (χ2v) is 11.8. The van der Waals surface area contributed by atoms with Crippen molar-refractivity contribution < 1.29 is 4.42 Å². The van der Waals surface area contributed by atoms with E-state index in [0.717, 1.165) is 55.1 Å². The maximum absolute atomic E-state index is 6.16. The first-order valence-corrected chi connectivity index (χ1v) is 15.2. The third-order valence-electron chi connectivity index (χ3n) is 9.47. The van der Waals surface area contributed by atoms with Crippen LogP contribution in [0.2, 0.25) is 0 Å². The molecule has 0 unspecified atom stereocenters. The van der Waals surface area contributed by atoms with Gasteiger partial charge in [-0.25, -0.2) is 9.97 Å². The van der Waals surface area contributed by atoms with Gasteiger partial charge in [0.2, 0.25) is 5.95 Å². The molecule has 0 saturated heterocycles. The predicted molar refractivity (Wildman–Crippen MR) is 184 cm³/mol. The van der Waals surface area contributed by atoms with Gasteiger partial charge in [-0.05, 0) is 48.5 Å². The molecule has 0 fully saturated rings. The van der Waals surface area contributed by atoms with Crippen LogP contribution in [-0.2, 0) is 0 Å². The van der Waals surface area contributed by atoms with Crippen molar-refractivity contribution in [3.63, 3.8) is 0 Å². The van der Waals surface area contributed by atoms with E-state index in [1.807, 2.05) is 18.2 Å². The summed E-state index contributed by atoms with van der Waals surface area (Å²) in [6.07, 6.45) is 0. The van der Waals surface area contributed by atoms with Gasteiger partial charge >= 0.3 is 0 Å². The molecule has 11 rings (SSSR count). The summed E-state index contributed by atoms with van der Waals surface area (Å²) in [5.74, 6) is 0.658. The minimum Gasteiger partial charge on any atom is -0.456 e. The molecule has 6 aromatic heterocycles. The first-order valence-electron chi connectivity index (χ1n) is 15.2. The van der Waals surface area contributed by atoms with Crippen molar-refractivity contribution in [1.82, 2.24) is 18.9 Å². The Hall–Kier alpha value is -6.20. The van der Waals surface area contributed by atoms with Crippen LogP contribution in [-0.4, -0.2) is 18.9 Å². The standard InChI is InChI=1S/C40H22N4O/c1-2-12-26-24(10-1)31-17-9-18-33-36-28-14-4-7-16-32(28)44(39(36)38(26)43(31)33)40-41-30-15-6-3-13-27(30)37(42-40)23-20-21-35-29(22-23)25-11-5-8-19-34(25)45-35/h1-22H. The number of nitrogens with zero attached hydrogens (tertiary/aromatic N) is 4. The largest absolute Gasteiger partial charge is 0.456 e. The molecule has 0 radical (unpaired) electrons. The molecule has 0 N–H and O–H groups in total. The molecule has 0 atom stereocenters. The molecule has 5 nitrogen and oxygen atoms in total. The lowest BCUT2D eigenvalue weighted by molar-refractivity contribution is 0.669. The number of para-hydroxylation sites is 3. The van der Waals surface area contributed by atoms with Crippen molar-refractivity contribution in [2.75, 3.05) is 0 Å². The highest BCUT2D eigenvalue weighted by atomic mass is 16.3. The molecular formula is C40H22N4O. The third-order valence-corrected chi connectivity index (χ3v) is 9.47. The molecule has 0 aliphatic carbocycles. The number of aromatic nitrogens is 4. The van der Waals surface area contributed by atoms with E-state index in [1.54, 1.807) is 0 Å². The summed E-state index contributed by atoms with van der Waals surface area (Å²) in [5, 5.41) is 8.09. The minimum atomic E-state index is 0.658. The first-order chi connectivity index (χ1) is 22.3. The Morgan fingerprint density at radius 1 is 0.467 bits per heavy atom. The fourth-order valence-corrected chi connectivity index (χ4v) is 7.61. The van der Waals surface area contributed by atoms with Crippen LogP contribution in [0.1, 0.15) is 0 Å². The summed E-state index contributed by atoms with van der Waals surface area (Å²) in [6, 6.07) is 46.8. The second kappa shape index (κ2) is 8.24. The molecule has 0 amide bonds. The Bertz CT molecular complexity index is 3000. The van der Waals surface area contributed by atoms with E-state index in [-0.39, 0.29) is 0 Å². The van der Waals surface area contributed by atoms with Crippen molar-refractivity contribution in [2.45, 2.75) is 0 Å². The lowest BCUT2D eigenvalue weighted by Gasteiger charge is -2.12. The van der Waals surface area contributed by atoms with Crippen LogP contribution in [0.5, 0.6) is 0 Å². The quantitative estimate of drug-likeness (QED) is 0.206. The normalized spacial score (nSPS) is 12.4. The van der Waals surface area contributed by atoms with Gasteiger partial charge in [0, 0.05) is 43.3 Å². The van der Waals surface area contributed by atoms with Crippen LogP contribution in [0, 0.1) is 0 Å². The molecule has 0 bridgehead atoms. The highest BCUT2D eigenvalue weighted by Crippen LogP contribution is 2.44. The summed E-state index contributed by atoms with van der Waals surface area (Å²) in [6.45, 7) is 0. The highest BCUT2D eigenvalue weighted by molar-refractivity contribution is 6.29. The van der Waals surface area contributed by atoms with Crippen molar-refractivity contribution in [2.24, 2.45) is 0 Å². The average Bonchev–Trinajstić information content (AvgIpc) is 3.83. The zero-order valence-electron chi connectivity index (χ0n) is 23.9. The van der Waals surface area contributed by atoms with Gasteiger partial charge in [-0.2, -0.15) is 0 Å². The van der Waals surface area contributed by atoms with Gasteiger partial charge < -0.3 is 8.82 Å². The van der Waals surface area contributed by atoms with Crippen LogP contribution in [0.25, 0.3) is 99.2 Å². The van der Waals surface area contributed by atoms with E-state index < -0.39 is 0 Å². The molecular weight excluding hydrogens is 552 g/mol. The SMILES string of the molecule is c1ccc2c(-c3ccc4oc5ccccc5c4c3)nc(-n3c4ccccc4c4c3c3c5ccccc5c5cccc4n53)nc2c1. The lowest BCUT2D eigenvalue weighted by Crippen LogP contribution is -2.03. The van der Waals surface area contributed by atoms with Gasteiger partial charge in [0.05, 0.1) is 38.8 Å². The van der Waals surface area contributed by atoms with E-state index in [9.17, 15) is 0 Å². The Labute approximate surface area is 255 Å². The average molecular weight is 575 g/mol. The molecule has 0 saturated carbocycles. The fraction of sp³-hybridized carbons (Fsp3) is 0. The van der Waals surface area contributed by atoms with Gasteiger partial charge in [-0.1, -0.05) is 84.9 Å². The topological polar surface area (TPSA) is 48.3 Å². The first kappa shape index (κ1) is 23.3. The third kappa shape index (κ3) is 2.92. The number of benzene rings is 5. The monoisotopic (exact) mass is 574 g/mol. The van der Waals surface area contributed by atoms with Gasteiger partial charge in [0.25, 0.3) is 0 Å². The van der Waals surface area contributed by atoms with Crippen LogP contribution in [0.15, 0.2) is 138 Å². The Morgan fingerprint density at radius 2 is 1.16 bits per heavy atom. The van der Waals surface area contributed by atoms with Crippen LogP contribution in [0.4, 0.5) is 0 Å². The van der Waals surface area contributed by atoms with Gasteiger partial charge in [0.15, 0.2) is 0 Å². The van der Waals surface area contributed by atoms with Crippen molar-refractivity contribution in [3.05, 3.63) is 133 Å². The van der Waals surface area contributed by atoms with E-state index >= 15 is 0 Å². The highest BCUT2D eigenvalue weighted by Gasteiger charge is 2.25. The smallest absolute Gasteiger partial charge is 0.235 e. The molecule has 6 heterocycles. The van der Waals surface area contributed by atoms with E-state index in [2.05, 4.69) is 124 Å². The van der Waals surface area contributed by atoms with Gasteiger partial charge in [-0.15, -0.1) is 0 Å². The van der Waals surface area contributed by atoms with Crippen LogP contribution >= 0.6 is 0 Å². The molecule has 0 spiro atoms. The molecule has 0 aliphatic rings. The Balaban J connectivity index is 1.30. The second-order valence-electron chi connectivity index (χ2n) is 11.8. The minimum absolute atomic E-state index is 0.658. The predicted octanol–water partition coefficient (Wildman–Crippen LogP) is 10.3. The maximum Gasteiger partial charge on any atom is 0.235 e. The number of rotatable bonds is 2. The van der Waals surface area contributed by atoms with Crippen molar-refractivity contribution in [3.8, 4) is 17.2 Å². The summed E-state index contributed by atoms with van der Waals surface area (Å²) in [4.78, 5) is 10.7. The summed E-state index contributed by atoms with van der Waals surface area (Å²) >= 11 is 0. The number of hydrogen-bond donors (Lipinski definition) is 0. The van der Waals surface area contributed by atoms with E-state index in [0.29, 0.717) is 5.95 Å². The summed E-state index contributed by atoms with van der Waals surface area (Å²) in [7, 11) is 0. The molecule has 11 aromatic rings. The number of pyridine rings is 1. The lowest BCUT2D eigenvalue weighted by atomic mass is 10.0. The van der Waals surface area contributed by atoms with E-state index in [4.69, 9.17) is 14.4 Å². The molecule has 0 aliphatic heterocycles. The van der Waals surface area contributed by atoms with Crippen LogP contribution < -0.4 is 0 Å². The fourth-order valence-electron chi connectivity index (χ4n) is 7.61.